The van der Waals surface area contributed by atoms with Crippen LogP contribution in [0.15, 0.2) is 28.1 Å². The first-order chi connectivity index (χ1) is 9.58. The molecule has 106 valence electrons. The van der Waals surface area contributed by atoms with Gasteiger partial charge in [-0.2, -0.15) is 0 Å². The van der Waals surface area contributed by atoms with Crippen LogP contribution >= 0.6 is 38.9 Å². The Hall–Kier alpha value is -1.11. The van der Waals surface area contributed by atoms with Crippen LogP contribution in [-0.4, -0.2) is 17.6 Å². The van der Waals surface area contributed by atoms with Gasteiger partial charge >= 0.3 is 5.97 Å². The smallest absolute Gasteiger partial charge is 0.311 e. The molecule has 7 heteroatoms. The lowest BCUT2D eigenvalue weighted by Gasteiger charge is -2.04. The normalized spacial score (nSPS) is 10.3. The maximum atomic E-state index is 11.4. The first kappa shape index (κ1) is 15.3. The average molecular weight is 376 g/mol. The van der Waals surface area contributed by atoms with Crippen LogP contribution in [0.4, 0.5) is 10.8 Å². The van der Waals surface area contributed by atoms with Crippen molar-refractivity contribution in [2.75, 3.05) is 11.9 Å². The van der Waals surface area contributed by atoms with E-state index in [9.17, 15) is 4.79 Å². The van der Waals surface area contributed by atoms with Crippen LogP contribution in [0, 0.1) is 0 Å². The maximum Gasteiger partial charge on any atom is 0.311 e. The molecule has 1 aromatic heterocycles. The molecule has 0 saturated carbocycles. The first-order valence-corrected chi connectivity index (χ1v) is 7.95. The van der Waals surface area contributed by atoms with Gasteiger partial charge in [0.2, 0.25) is 0 Å². The van der Waals surface area contributed by atoms with Crippen molar-refractivity contribution in [2.24, 2.45) is 0 Å². The molecule has 0 aliphatic heterocycles. The Kier molecular flexibility index (Phi) is 5.39. The standard InChI is InChI=1S/C13H12BrClN2O2S/c1-2-19-12(18)6-9-7-20-13(17-9)16-8-3-4-11(15)10(14)5-8/h3-5,7H,2,6H2,1H3,(H,16,17). The molecule has 4 nitrogen and oxygen atoms in total. The van der Waals surface area contributed by atoms with E-state index in [1.165, 1.54) is 11.3 Å². The summed E-state index contributed by atoms with van der Waals surface area (Å²) in [5.74, 6) is -0.265. The van der Waals surface area contributed by atoms with Crippen molar-refractivity contribution in [3.63, 3.8) is 0 Å². The van der Waals surface area contributed by atoms with Crippen LogP contribution in [0.3, 0.4) is 0 Å². The van der Waals surface area contributed by atoms with E-state index in [0.29, 0.717) is 17.3 Å². The fourth-order valence-electron chi connectivity index (χ4n) is 1.50. The average Bonchev–Trinajstić information content (AvgIpc) is 2.81. The molecule has 2 rings (SSSR count). The molecule has 20 heavy (non-hydrogen) atoms. The molecule has 0 aliphatic rings. The van der Waals surface area contributed by atoms with Crippen LogP contribution in [0.5, 0.6) is 0 Å². The Balaban J connectivity index is 2.02. The molecule has 0 radical (unpaired) electrons. The molecule has 0 saturated heterocycles. The number of hydrogen-bond acceptors (Lipinski definition) is 5. The van der Waals surface area contributed by atoms with Gasteiger partial charge in [-0.3, -0.25) is 4.79 Å². The molecule has 0 atom stereocenters. The number of rotatable bonds is 5. The van der Waals surface area contributed by atoms with E-state index >= 15 is 0 Å². The van der Waals surface area contributed by atoms with E-state index < -0.39 is 0 Å². The van der Waals surface area contributed by atoms with Gasteiger partial charge in [-0.25, -0.2) is 4.98 Å². The minimum absolute atomic E-state index is 0.191. The quantitative estimate of drug-likeness (QED) is 0.787. The van der Waals surface area contributed by atoms with Gasteiger partial charge in [0.05, 0.1) is 23.7 Å². The molecule has 0 spiro atoms. The van der Waals surface area contributed by atoms with E-state index in [-0.39, 0.29) is 12.4 Å². The number of hydrogen-bond donors (Lipinski definition) is 1. The van der Waals surface area contributed by atoms with Crippen molar-refractivity contribution in [1.82, 2.24) is 4.98 Å². The zero-order valence-corrected chi connectivity index (χ0v) is 13.8. The molecule has 0 aliphatic carbocycles. The lowest BCUT2D eigenvalue weighted by molar-refractivity contribution is -0.142. The van der Waals surface area contributed by atoms with Crippen LogP contribution < -0.4 is 5.32 Å². The van der Waals surface area contributed by atoms with Crippen LogP contribution in [-0.2, 0) is 16.0 Å². The summed E-state index contributed by atoms with van der Waals surface area (Å²) in [7, 11) is 0. The van der Waals surface area contributed by atoms with Gasteiger partial charge in [0.25, 0.3) is 0 Å². The van der Waals surface area contributed by atoms with Crippen molar-refractivity contribution in [3.05, 3.63) is 38.8 Å². The molecule has 0 bridgehead atoms. The number of anilines is 2. The minimum Gasteiger partial charge on any atom is -0.466 e. The van der Waals surface area contributed by atoms with Crippen molar-refractivity contribution < 1.29 is 9.53 Å². The maximum absolute atomic E-state index is 11.4. The van der Waals surface area contributed by atoms with Crippen molar-refractivity contribution in [1.29, 1.82) is 0 Å². The second-order valence-corrected chi connectivity index (χ2v) is 6.00. The predicted octanol–water partition coefficient (Wildman–Crippen LogP) is 4.41. The highest BCUT2D eigenvalue weighted by Crippen LogP contribution is 2.28. The summed E-state index contributed by atoms with van der Waals surface area (Å²) in [5, 5.41) is 6.37. The first-order valence-electron chi connectivity index (χ1n) is 5.90. The van der Waals surface area contributed by atoms with Gasteiger partial charge in [0.1, 0.15) is 0 Å². The van der Waals surface area contributed by atoms with Crippen LogP contribution in [0.25, 0.3) is 0 Å². The third kappa shape index (κ3) is 4.19. The number of halogens is 2. The summed E-state index contributed by atoms with van der Waals surface area (Å²) < 4.78 is 5.70. The second kappa shape index (κ2) is 7.06. The second-order valence-electron chi connectivity index (χ2n) is 3.88. The number of esters is 1. The zero-order valence-electron chi connectivity index (χ0n) is 10.7. The van der Waals surface area contributed by atoms with E-state index in [1.54, 1.807) is 13.0 Å². The lowest BCUT2D eigenvalue weighted by Crippen LogP contribution is -2.07. The molecule has 1 heterocycles. The topological polar surface area (TPSA) is 51.2 Å². The number of aromatic nitrogens is 1. The lowest BCUT2D eigenvalue weighted by atomic mass is 10.3. The highest BCUT2D eigenvalue weighted by atomic mass is 79.9. The Morgan fingerprint density at radius 2 is 2.35 bits per heavy atom. The van der Waals surface area contributed by atoms with Gasteiger partial charge in [0.15, 0.2) is 5.13 Å². The highest BCUT2D eigenvalue weighted by Gasteiger charge is 2.09. The summed E-state index contributed by atoms with van der Waals surface area (Å²) in [6.07, 6.45) is 0.191. The van der Waals surface area contributed by atoms with E-state index in [2.05, 4.69) is 26.2 Å². The highest BCUT2D eigenvalue weighted by molar-refractivity contribution is 9.10. The molecule has 1 N–H and O–H groups in total. The van der Waals surface area contributed by atoms with Crippen molar-refractivity contribution >= 4 is 55.7 Å². The van der Waals surface area contributed by atoms with Crippen molar-refractivity contribution in [2.45, 2.75) is 13.3 Å². The Morgan fingerprint density at radius 3 is 3.05 bits per heavy atom. The zero-order chi connectivity index (χ0) is 14.5. The van der Waals surface area contributed by atoms with Crippen LogP contribution in [0.2, 0.25) is 5.02 Å². The molecule has 1 aromatic carbocycles. The number of ether oxygens (including phenoxy) is 1. The van der Waals surface area contributed by atoms with Gasteiger partial charge < -0.3 is 10.1 Å². The fraction of sp³-hybridized carbons (Fsp3) is 0.231. The number of carbonyl (C=O) groups is 1. The summed E-state index contributed by atoms with van der Waals surface area (Å²) in [4.78, 5) is 15.7. The third-order valence-electron chi connectivity index (χ3n) is 2.35. The molecular formula is C13H12BrClN2O2S. The number of thiazole rings is 1. The molecule has 0 amide bonds. The largest absolute Gasteiger partial charge is 0.466 e. The van der Waals surface area contributed by atoms with Gasteiger partial charge in [-0.05, 0) is 41.1 Å². The van der Waals surface area contributed by atoms with Gasteiger partial charge in [0, 0.05) is 15.5 Å². The van der Waals surface area contributed by atoms with Crippen molar-refractivity contribution in [3.8, 4) is 0 Å². The summed E-state index contributed by atoms with van der Waals surface area (Å²) in [6.45, 7) is 2.16. The monoisotopic (exact) mass is 374 g/mol. The van der Waals surface area contributed by atoms with E-state index in [0.717, 1.165) is 15.3 Å². The molecule has 0 fully saturated rings. The van der Waals surface area contributed by atoms with Crippen LogP contribution in [0.1, 0.15) is 12.6 Å². The fourth-order valence-corrected chi connectivity index (χ4v) is 2.73. The number of carbonyl (C=O) groups excluding carboxylic acids is 1. The van der Waals surface area contributed by atoms with E-state index in [4.69, 9.17) is 16.3 Å². The van der Waals surface area contributed by atoms with E-state index in [1.807, 2.05) is 17.5 Å². The molecule has 2 aromatic rings. The van der Waals surface area contributed by atoms with Gasteiger partial charge in [-0.1, -0.05) is 11.6 Å². The Morgan fingerprint density at radius 1 is 1.55 bits per heavy atom. The molecular weight excluding hydrogens is 364 g/mol. The number of nitrogens with one attached hydrogen (secondary N) is 1. The number of nitrogens with zero attached hydrogens (tertiary/aromatic N) is 1. The van der Waals surface area contributed by atoms with Gasteiger partial charge in [-0.15, -0.1) is 11.3 Å². The summed E-state index contributed by atoms with van der Waals surface area (Å²) >= 11 is 10.7. The SMILES string of the molecule is CCOC(=O)Cc1csc(Nc2ccc(Cl)c(Br)c2)n1. The third-order valence-corrected chi connectivity index (χ3v) is 4.37. The summed E-state index contributed by atoms with van der Waals surface area (Å²) in [6, 6.07) is 5.52. The summed E-state index contributed by atoms with van der Waals surface area (Å²) in [5.41, 5.74) is 1.57. The number of benzene rings is 1. The Labute approximate surface area is 134 Å². The predicted molar refractivity (Wildman–Crippen MR) is 84.9 cm³/mol. The Bertz CT molecular complexity index is 618. The molecule has 0 unspecified atom stereocenters. The minimum atomic E-state index is -0.265.